The van der Waals surface area contributed by atoms with Crippen LogP contribution in [-0.4, -0.2) is 64.3 Å². The van der Waals surface area contributed by atoms with Gasteiger partial charge in [-0.15, -0.1) is 0 Å². The maximum Gasteiger partial charge on any atom is 0.262 e. The predicted octanol–water partition coefficient (Wildman–Crippen LogP) is 13.7. The molecule has 9 aromatic carbocycles. The molecule has 0 saturated carbocycles. The van der Waals surface area contributed by atoms with E-state index in [1.807, 2.05) is 218 Å². The van der Waals surface area contributed by atoms with Crippen molar-refractivity contribution in [3.63, 3.8) is 0 Å². The minimum atomic E-state index is -0.997. The van der Waals surface area contributed by atoms with E-state index in [1.165, 1.54) is 4.90 Å². The lowest BCUT2D eigenvalue weighted by atomic mass is 9.95. The van der Waals surface area contributed by atoms with E-state index in [1.54, 1.807) is 7.05 Å². The van der Waals surface area contributed by atoms with Gasteiger partial charge in [-0.25, -0.2) is 0 Å². The van der Waals surface area contributed by atoms with Crippen LogP contribution < -0.4 is 9.47 Å². The second-order valence-electron chi connectivity index (χ2n) is 20.7. The summed E-state index contributed by atoms with van der Waals surface area (Å²) in [5.41, 5.74) is 9.20. The number of fused-ring (bicyclic) bond motifs is 10. The number of amides is 2. The molecule has 0 radical (unpaired) electrons. The van der Waals surface area contributed by atoms with Crippen molar-refractivity contribution in [3.8, 4) is 11.5 Å². The molecule has 0 bridgehead atoms. The third-order valence-corrected chi connectivity index (χ3v) is 15.4. The number of imide groups is 1. The Hall–Kier alpha value is -8.88. The van der Waals surface area contributed by atoms with Gasteiger partial charge in [0, 0.05) is 40.7 Å². The zero-order valence-corrected chi connectivity index (χ0v) is 44.7. The quantitative estimate of drug-likeness (QED) is 0.0743. The Morgan fingerprint density at radius 1 is 0.457 bits per heavy atom. The lowest BCUT2D eigenvalue weighted by Gasteiger charge is -2.47. The molecule has 0 unspecified atom stereocenters. The van der Waals surface area contributed by atoms with Crippen LogP contribution in [0.5, 0.6) is 11.5 Å². The van der Waals surface area contributed by atoms with E-state index in [-0.39, 0.29) is 26.4 Å². The zero-order chi connectivity index (χ0) is 54.7. The van der Waals surface area contributed by atoms with Gasteiger partial charge in [-0.3, -0.25) is 14.5 Å². The highest BCUT2D eigenvalue weighted by molar-refractivity contribution is 6.39. The number of aromatic amines is 1. The summed E-state index contributed by atoms with van der Waals surface area (Å²) in [5, 5.41) is 2.66. The van der Waals surface area contributed by atoms with Crippen LogP contribution in [0.2, 0.25) is 0 Å². The Labute approximate surface area is 468 Å². The maximum absolute atomic E-state index is 15.0. The summed E-state index contributed by atoms with van der Waals surface area (Å²) in [6.45, 7) is 1.78. The number of aromatic nitrogens is 2. The zero-order valence-electron chi connectivity index (χ0n) is 44.7. The molecule has 5 atom stereocenters. The number of rotatable bonds is 20. The average molecular weight is 1070 g/mol. The molecule has 0 aliphatic carbocycles. The number of H-pyrrole nitrogens is 1. The monoisotopic (exact) mass is 1070 g/mol. The van der Waals surface area contributed by atoms with E-state index in [2.05, 4.69) is 9.55 Å². The van der Waals surface area contributed by atoms with Crippen molar-refractivity contribution in [2.24, 2.45) is 0 Å². The molecule has 1 N–H and O–H groups in total. The van der Waals surface area contributed by atoms with Crippen molar-refractivity contribution in [1.29, 1.82) is 0 Å². The second-order valence-corrected chi connectivity index (χ2v) is 20.7. The van der Waals surface area contributed by atoms with Crippen LogP contribution in [0, 0.1) is 0 Å². The van der Waals surface area contributed by atoms with Crippen LogP contribution >= 0.6 is 0 Å². The molecule has 13 rings (SSSR count). The molecular weight excluding hydrogens is 1010 g/mol. The van der Waals surface area contributed by atoms with Crippen LogP contribution in [-0.2, 0) is 63.3 Å². The van der Waals surface area contributed by atoms with Gasteiger partial charge in [-0.1, -0.05) is 182 Å². The number of hydrogen-bond donors (Lipinski definition) is 1. The number of carbonyl (C=O) groups is 2. The van der Waals surface area contributed by atoms with Crippen LogP contribution in [0.4, 0.5) is 0 Å². The van der Waals surface area contributed by atoms with Crippen LogP contribution in [0.15, 0.2) is 218 Å². The number of benzene rings is 9. The largest absolute Gasteiger partial charge is 0.489 e. The van der Waals surface area contributed by atoms with Gasteiger partial charge in [0.25, 0.3) is 11.8 Å². The number of nitrogens with one attached hydrogen (secondary N) is 1. The van der Waals surface area contributed by atoms with Gasteiger partial charge >= 0.3 is 0 Å². The average Bonchev–Trinajstić information content (AvgIpc) is 2.87. The molecule has 404 valence electrons. The Kier molecular flexibility index (Phi) is 14.7. The van der Waals surface area contributed by atoms with Gasteiger partial charge < -0.3 is 42.7 Å². The molecular formula is C69H59N3O9. The summed E-state index contributed by atoms with van der Waals surface area (Å²) in [4.78, 5) is 34.8. The second kappa shape index (κ2) is 23.1. The lowest BCUT2D eigenvalue weighted by molar-refractivity contribution is -0.288. The summed E-state index contributed by atoms with van der Waals surface area (Å²) < 4.78 is 51.4. The minimum Gasteiger partial charge on any atom is -0.489 e. The third-order valence-electron chi connectivity index (χ3n) is 15.4. The molecule has 0 spiro atoms. The van der Waals surface area contributed by atoms with E-state index in [4.69, 9.17) is 33.2 Å². The Bertz CT molecular complexity index is 3990. The van der Waals surface area contributed by atoms with Crippen molar-refractivity contribution in [2.75, 3.05) is 13.7 Å². The first-order chi connectivity index (χ1) is 39.9. The molecule has 2 aromatic heterocycles. The number of nitrogens with zero attached hydrogens (tertiary/aromatic N) is 2. The SMILES string of the molecule is CN1C(=O)c2c(c3c4ccc(OCc5ccccc5)cc4n([C@@H]4O[C@H](COCc5ccccc5)[C@@H](OCc5ccccc5)[C@H](OCc5ccccc5)[C@H]4OCc4ccccc4)c3c3[nH]c4cc(OCc5ccccc5)ccc4c23)C1=O. The topological polar surface area (TPSA) is 123 Å². The van der Waals surface area contributed by atoms with E-state index in [9.17, 15) is 9.59 Å². The highest BCUT2D eigenvalue weighted by atomic mass is 16.6. The van der Waals surface area contributed by atoms with Crippen LogP contribution in [0.1, 0.15) is 60.3 Å². The summed E-state index contributed by atoms with van der Waals surface area (Å²) in [5.74, 6) is 0.419. The fourth-order valence-corrected chi connectivity index (χ4v) is 11.4. The summed E-state index contributed by atoms with van der Waals surface area (Å²) in [7, 11) is 1.55. The predicted molar refractivity (Wildman–Crippen MR) is 312 cm³/mol. The summed E-state index contributed by atoms with van der Waals surface area (Å²) >= 11 is 0. The van der Waals surface area contributed by atoms with E-state index >= 15 is 0 Å². The van der Waals surface area contributed by atoms with Crippen molar-refractivity contribution >= 4 is 55.4 Å². The van der Waals surface area contributed by atoms with Gasteiger partial charge in [0.15, 0.2) is 6.23 Å². The molecule has 11 aromatic rings. The van der Waals surface area contributed by atoms with Crippen molar-refractivity contribution < 1.29 is 42.7 Å². The van der Waals surface area contributed by atoms with Crippen LogP contribution in [0.3, 0.4) is 0 Å². The molecule has 12 heteroatoms. The molecule has 4 heterocycles. The Balaban J connectivity index is 1.05. The van der Waals surface area contributed by atoms with Crippen molar-refractivity contribution in [1.82, 2.24) is 14.5 Å². The Morgan fingerprint density at radius 3 is 1.41 bits per heavy atom. The molecule has 2 amide bonds. The first-order valence-electron chi connectivity index (χ1n) is 27.4. The standard InChI is InChI=1S/C69H59N3O9/c1-71-67(73)60-58-53-34-32-51(76-39-46-22-10-3-11-23-46)36-55(53)70-62(58)63-59(61(60)68(71)74)54-35-33-52(77-40-47-24-12-4-13-25-47)37-56(54)72(63)69-66(80-43-50-30-18-7-19-31-50)65(79-42-49-28-16-6-17-29-49)64(78-41-48-26-14-5-15-27-48)57(81-69)44-75-38-45-20-8-2-9-21-45/h2-37,57,64-66,69-70H,38-44H2,1H3/t57-,64-,65+,66-,69-/m1/s1. The first-order valence-corrected chi connectivity index (χ1v) is 27.4. The van der Waals surface area contributed by atoms with E-state index < -0.39 is 42.5 Å². The van der Waals surface area contributed by atoms with Gasteiger partial charge in [-0.2, -0.15) is 0 Å². The highest BCUT2D eigenvalue weighted by Crippen LogP contribution is 2.49. The van der Waals surface area contributed by atoms with Crippen LogP contribution in [0.25, 0.3) is 43.6 Å². The number of hydrogen-bond acceptors (Lipinski definition) is 9. The minimum absolute atomic E-state index is 0.116. The smallest absolute Gasteiger partial charge is 0.262 e. The molecule has 81 heavy (non-hydrogen) atoms. The van der Waals surface area contributed by atoms with E-state index in [0.29, 0.717) is 75.2 Å². The Morgan fingerprint density at radius 2 is 0.889 bits per heavy atom. The molecule has 1 fully saturated rings. The maximum atomic E-state index is 15.0. The number of carbonyl (C=O) groups excluding carboxylic acids is 2. The highest BCUT2D eigenvalue weighted by Gasteiger charge is 2.51. The van der Waals surface area contributed by atoms with Gasteiger partial charge in [0.1, 0.15) is 49.1 Å². The van der Waals surface area contributed by atoms with Crippen molar-refractivity contribution in [2.45, 2.75) is 70.3 Å². The normalized spacial score (nSPS) is 18.1. The van der Waals surface area contributed by atoms with Gasteiger partial charge in [-0.05, 0) is 57.6 Å². The summed E-state index contributed by atoms with van der Waals surface area (Å²) in [6, 6.07) is 72.0. The summed E-state index contributed by atoms with van der Waals surface area (Å²) in [6.07, 6.45) is -4.17. The van der Waals surface area contributed by atoms with Gasteiger partial charge in [0.2, 0.25) is 0 Å². The van der Waals surface area contributed by atoms with E-state index in [0.717, 1.165) is 44.3 Å². The molecule has 12 nitrogen and oxygen atoms in total. The fourth-order valence-electron chi connectivity index (χ4n) is 11.4. The third kappa shape index (κ3) is 10.5. The molecule has 1 saturated heterocycles. The molecule has 2 aliphatic rings. The van der Waals surface area contributed by atoms with Gasteiger partial charge in [0.05, 0.1) is 66.2 Å². The molecule has 2 aliphatic heterocycles. The fraction of sp³-hybridized carbons (Fsp3) is 0.188. The first kappa shape index (κ1) is 51.6. The van der Waals surface area contributed by atoms with Crippen molar-refractivity contribution in [3.05, 3.63) is 263 Å². The lowest BCUT2D eigenvalue weighted by Crippen LogP contribution is -2.59. The number of ether oxygens (including phenoxy) is 7.